The zero-order valence-corrected chi connectivity index (χ0v) is 13.7. The van der Waals surface area contributed by atoms with Crippen molar-refractivity contribution in [2.75, 3.05) is 11.9 Å². The molecule has 0 saturated carbocycles. The second kappa shape index (κ2) is 7.94. The van der Waals surface area contributed by atoms with Gasteiger partial charge < -0.3 is 15.4 Å². The third kappa shape index (κ3) is 4.68. The Hall–Kier alpha value is -2.11. The second-order valence-corrected chi connectivity index (χ2v) is 5.44. The van der Waals surface area contributed by atoms with Gasteiger partial charge in [0.2, 0.25) is 11.8 Å². The maximum Gasteiger partial charge on any atom is 0.241 e. The van der Waals surface area contributed by atoms with E-state index < -0.39 is 0 Å². The molecule has 1 aliphatic rings. The van der Waals surface area contributed by atoms with Gasteiger partial charge in [-0.1, -0.05) is 17.7 Å². The van der Waals surface area contributed by atoms with E-state index in [1.54, 1.807) is 18.3 Å². The number of anilines is 1. The number of amides is 1. The van der Waals surface area contributed by atoms with Crippen molar-refractivity contribution in [2.24, 2.45) is 0 Å². The summed E-state index contributed by atoms with van der Waals surface area (Å²) in [5.41, 5.74) is 1.86. The first kappa shape index (κ1) is 17.2. The van der Waals surface area contributed by atoms with Crippen molar-refractivity contribution in [3.63, 3.8) is 0 Å². The molecule has 0 radical (unpaired) electrons. The Kier molecular flexibility index (Phi) is 5.96. The summed E-state index contributed by atoms with van der Waals surface area (Å²) in [4.78, 5) is 16.2. The number of hydrogen-bond acceptors (Lipinski definition) is 4. The lowest BCUT2D eigenvalue weighted by molar-refractivity contribution is -0.117. The normalized spacial score (nSPS) is 16.5. The highest BCUT2D eigenvalue weighted by Gasteiger charge is 2.21. The maximum absolute atomic E-state index is 12.0. The monoisotopic (exact) mass is 333 g/mol. The number of carbonyl (C=O) groups excluding carboxylic acids is 1. The van der Waals surface area contributed by atoms with E-state index in [1.165, 1.54) is 5.56 Å². The molecule has 1 aromatic carbocycles. The molecule has 1 amide bonds. The number of rotatable bonds is 4. The van der Waals surface area contributed by atoms with E-state index in [2.05, 4.69) is 15.6 Å². The fourth-order valence-corrected chi connectivity index (χ4v) is 2.38. The van der Waals surface area contributed by atoms with Crippen LogP contribution in [0.25, 0.3) is 0 Å². The van der Waals surface area contributed by atoms with Crippen LogP contribution >= 0.6 is 12.4 Å². The molecule has 1 aromatic heterocycles. The van der Waals surface area contributed by atoms with Crippen molar-refractivity contribution >= 4 is 24.0 Å². The molecule has 1 fully saturated rings. The minimum atomic E-state index is -0.0940. The zero-order valence-electron chi connectivity index (χ0n) is 12.9. The van der Waals surface area contributed by atoms with Crippen molar-refractivity contribution in [1.82, 2.24) is 10.3 Å². The molecule has 2 aromatic rings. The number of nitrogens with zero attached hydrogens (tertiary/aromatic N) is 1. The first-order valence-corrected chi connectivity index (χ1v) is 7.45. The predicted octanol–water partition coefficient (Wildman–Crippen LogP) is 3.29. The van der Waals surface area contributed by atoms with Crippen LogP contribution in [0.4, 0.5) is 5.69 Å². The molecule has 0 spiro atoms. The van der Waals surface area contributed by atoms with Gasteiger partial charge >= 0.3 is 0 Å². The number of aromatic nitrogens is 1. The number of pyridine rings is 1. The van der Waals surface area contributed by atoms with Gasteiger partial charge in [-0.3, -0.25) is 4.79 Å². The molecule has 3 rings (SSSR count). The molecule has 1 unspecified atom stereocenters. The van der Waals surface area contributed by atoms with Crippen molar-refractivity contribution in [3.8, 4) is 11.6 Å². The van der Waals surface area contributed by atoms with E-state index in [1.807, 2.05) is 31.2 Å². The molecule has 2 N–H and O–H groups in total. The van der Waals surface area contributed by atoms with Crippen molar-refractivity contribution in [1.29, 1.82) is 0 Å². The first-order chi connectivity index (χ1) is 10.7. The summed E-state index contributed by atoms with van der Waals surface area (Å²) in [6.45, 7) is 2.93. The molecule has 23 heavy (non-hydrogen) atoms. The van der Waals surface area contributed by atoms with E-state index in [4.69, 9.17) is 4.74 Å². The highest BCUT2D eigenvalue weighted by atomic mass is 35.5. The summed E-state index contributed by atoms with van der Waals surface area (Å²) in [7, 11) is 0. The third-order valence-corrected chi connectivity index (χ3v) is 3.62. The summed E-state index contributed by atoms with van der Waals surface area (Å²) in [5, 5.41) is 6.03. The van der Waals surface area contributed by atoms with Gasteiger partial charge in [-0.2, -0.15) is 0 Å². The Balaban J connectivity index is 0.00000192. The lowest BCUT2D eigenvalue weighted by Gasteiger charge is -2.11. The van der Waals surface area contributed by atoms with Gasteiger partial charge in [0.15, 0.2) is 0 Å². The Labute approximate surface area is 141 Å². The Bertz CT molecular complexity index is 638. The molecular formula is C17H20ClN3O2. The van der Waals surface area contributed by atoms with E-state index in [9.17, 15) is 4.79 Å². The van der Waals surface area contributed by atoms with Crippen LogP contribution in [0.15, 0.2) is 42.6 Å². The fourth-order valence-electron chi connectivity index (χ4n) is 2.38. The van der Waals surface area contributed by atoms with Gasteiger partial charge in [-0.05, 0) is 44.5 Å². The minimum absolute atomic E-state index is 0. The summed E-state index contributed by atoms with van der Waals surface area (Å²) in [6.07, 6.45) is 3.53. The van der Waals surface area contributed by atoms with Gasteiger partial charge in [0.05, 0.1) is 17.9 Å². The number of hydrogen-bond donors (Lipinski definition) is 2. The van der Waals surface area contributed by atoms with Gasteiger partial charge in [0, 0.05) is 6.07 Å². The van der Waals surface area contributed by atoms with Gasteiger partial charge in [-0.15, -0.1) is 12.4 Å². The maximum atomic E-state index is 12.0. The van der Waals surface area contributed by atoms with Crippen LogP contribution in [0, 0.1) is 6.92 Å². The topological polar surface area (TPSA) is 63.2 Å². The molecule has 5 nitrogen and oxygen atoms in total. The first-order valence-electron chi connectivity index (χ1n) is 7.45. The average Bonchev–Trinajstić information content (AvgIpc) is 3.06. The largest absolute Gasteiger partial charge is 0.439 e. The van der Waals surface area contributed by atoms with Crippen LogP contribution < -0.4 is 15.4 Å². The second-order valence-electron chi connectivity index (χ2n) is 5.44. The van der Waals surface area contributed by atoms with E-state index in [0.29, 0.717) is 11.6 Å². The third-order valence-electron chi connectivity index (χ3n) is 3.62. The van der Waals surface area contributed by atoms with Crippen LogP contribution in [0.2, 0.25) is 0 Å². The molecule has 0 aliphatic carbocycles. The summed E-state index contributed by atoms with van der Waals surface area (Å²) in [6, 6.07) is 11.2. The van der Waals surface area contributed by atoms with Crippen LogP contribution in [-0.2, 0) is 4.79 Å². The lowest BCUT2D eigenvalue weighted by Crippen LogP contribution is -2.35. The Morgan fingerprint density at radius 1 is 1.26 bits per heavy atom. The van der Waals surface area contributed by atoms with Crippen molar-refractivity contribution in [2.45, 2.75) is 25.8 Å². The standard InChI is InChI=1S/C17H19N3O2.ClH/c1-12-4-7-14(8-5-12)22-16-9-6-13(11-19-16)20-17(21)15-3-2-10-18-15;/h4-9,11,15,18H,2-3,10H2,1H3,(H,20,21);1H. The average molecular weight is 334 g/mol. The van der Waals surface area contributed by atoms with E-state index in [0.717, 1.165) is 25.1 Å². The molecule has 1 saturated heterocycles. The Morgan fingerprint density at radius 2 is 2.04 bits per heavy atom. The highest BCUT2D eigenvalue weighted by molar-refractivity contribution is 5.94. The number of nitrogens with one attached hydrogen (secondary N) is 2. The lowest BCUT2D eigenvalue weighted by atomic mass is 10.2. The van der Waals surface area contributed by atoms with Crippen LogP contribution in [0.1, 0.15) is 18.4 Å². The van der Waals surface area contributed by atoms with Crippen molar-refractivity contribution < 1.29 is 9.53 Å². The SMILES string of the molecule is Cc1ccc(Oc2ccc(NC(=O)C3CCCN3)cn2)cc1.Cl. The number of ether oxygens (including phenoxy) is 1. The zero-order chi connectivity index (χ0) is 15.4. The fraction of sp³-hybridized carbons (Fsp3) is 0.294. The minimum Gasteiger partial charge on any atom is -0.439 e. The number of aryl methyl sites for hydroxylation is 1. The number of carbonyl (C=O) groups is 1. The predicted molar refractivity (Wildman–Crippen MR) is 92.4 cm³/mol. The smallest absolute Gasteiger partial charge is 0.241 e. The molecule has 1 atom stereocenters. The number of benzene rings is 1. The van der Waals surface area contributed by atoms with Crippen LogP contribution in [0.5, 0.6) is 11.6 Å². The van der Waals surface area contributed by atoms with E-state index in [-0.39, 0.29) is 24.4 Å². The molecule has 2 heterocycles. The summed E-state index contributed by atoms with van der Waals surface area (Å²) >= 11 is 0. The number of halogens is 1. The molecule has 122 valence electrons. The summed E-state index contributed by atoms with van der Waals surface area (Å²) < 4.78 is 5.66. The quantitative estimate of drug-likeness (QED) is 0.901. The highest BCUT2D eigenvalue weighted by Crippen LogP contribution is 2.21. The van der Waals surface area contributed by atoms with Crippen molar-refractivity contribution in [3.05, 3.63) is 48.2 Å². The molecule has 6 heteroatoms. The van der Waals surface area contributed by atoms with Gasteiger partial charge in [-0.25, -0.2) is 4.98 Å². The van der Waals surface area contributed by atoms with Crippen LogP contribution in [0.3, 0.4) is 0 Å². The molecule has 1 aliphatic heterocycles. The summed E-state index contributed by atoms with van der Waals surface area (Å²) in [5.74, 6) is 1.23. The van der Waals surface area contributed by atoms with Crippen LogP contribution in [-0.4, -0.2) is 23.5 Å². The van der Waals surface area contributed by atoms with Gasteiger partial charge in [0.25, 0.3) is 0 Å². The Morgan fingerprint density at radius 3 is 2.65 bits per heavy atom. The molecule has 0 bridgehead atoms. The molecular weight excluding hydrogens is 314 g/mol. The van der Waals surface area contributed by atoms with E-state index >= 15 is 0 Å². The van der Waals surface area contributed by atoms with Gasteiger partial charge in [0.1, 0.15) is 5.75 Å².